The summed E-state index contributed by atoms with van der Waals surface area (Å²) in [7, 11) is 0. The van der Waals surface area contributed by atoms with E-state index in [-0.39, 0.29) is 0 Å². The van der Waals surface area contributed by atoms with Crippen molar-refractivity contribution in [3.63, 3.8) is 0 Å². The molecule has 0 saturated carbocycles. The van der Waals surface area contributed by atoms with E-state index < -0.39 is 0 Å². The van der Waals surface area contributed by atoms with Crippen LogP contribution < -0.4 is 11.5 Å². The fraction of sp³-hybridized carbons (Fsp3) is 0. The zero-order valence-corrected chi connectivity index (χ0v) is 6.81. The molecule has 3 rings (SSSR count). The van der Waals surface area contributed by atoms with E-state index in [1.54, 1.807) is 0 Å². The summed E-state index contributed by atoms with van der Waals surface area (Å²) in [5.74, 6) is 1.30. The zero-order chi connectivity index (χ0) is 9.00. The van der Waals surface area contributed by atoms with Gasteiger partial charge in [-0.3, -0.25) is 0 Å². The Morgan fingerprint density at radius 1 is 0.769 bits per heavy atom. The van der Waals surface area contributed by atoms with Gasteiger partial charge in [0.15, 0.2) is 0 Å². The second-order valence-electron chi connectivity index (χ2n) is 3.15. The maximum absolute atomic E-state index is 5.61. The summed E-state index contributed by atoms with van der Waals surface area (Å²) in [5, 5.41) is 0. The highest BCUT2D eigenvalue weighted by atomic mass is 14.9. The van der Waals surface area contributed by atoms with Crippen molar-refractivity contribution in [3.05, 3.63) is 12.1 Å². The number of rotatable bonds is 0. The summed E-state index contributed by atoms with van der Waals surface area (Å²) in [6, 6.07) is 3.72. The summed E-state index contributed by atoms with van der Waals surface area (Å²) in [6.45, 7) is 0. The Hall–Kier alpha value is -2.04. The van der Waals surface area contributed by atoms with E-state index in [1.165, 1.54) is 0 Å². The Morgan fingerprint density at radius 2 is 1.23 bits per heavy atom. The predicted molar refractivity (Wildman–Crippen MR) is 53.3 cm³/mol. The second kappa shape index (κ2) is 1.82. The van der Waals surface area contributed by atoms with Crippen molar-refractivity contribution >= 4 is 33.7 Å². The van der Waals surface area contributed by atoms with Crippen LogP contribution in [0.15, 0.2) is 12.1 Å². The fourth-order valence-corrected chi connectivity index (χ4v) is 1.69. The minimum atomic E-state index is 0.649. The zero-order valence-electron chi connectivity index (χ0n) is 6.81. The molecule has 13 heavy (non-hydrogen) atoms. The van der Waals surface area contributed by atoms with Gasteiger partial charge in [-0.15, -0.1) is 0 Å². The van der Waals surface area contributed by atoms with Crippen LogP contribution in [0.3, 0.4) is 0 Å². The molecule has 3 heterocycles. The lowest BCUT2D eigenvalue weighted by Gasteiger charge is -1.82. The minimum Gasteiger partial charge on any atom is -0.385 e. The number of aromatic nitrogens is 3. The van der Waals surface area contributed by atoms with Crippen molar-refractivity contribution in [2.75, 3.05) is 11.5 Å². The van der Waals surface area contributed by atoms with Gasteiger partial charge in [-0.1, -0.05) is 0 Å². The second-order valence-corrected chi connectivity index (χ2v) is 3.15. The number of hydrogen-bond acceptors (Lipinski definition) is 2. The van der Waals surface area contributed by atoms with Crippen molar-refractivity contribution in [1.82, 2.24) is 15.0 Å². The molecule has 0 saturated heterocycles. The molecule has 5 nitrogen and oxygen atoms in total. The van der Waals surface area contributed by atoms with Crippen molar-refractivity contribution in [2.24, 2.45) is 0 Å². The molecule has 0 aliphatic heterocycles. The maximum Gasteiger partial charge on any atom is 0.103 e. The smallest absolute Gasteiger partial charge is 0.103 e. The molecule has 0 atom stereocenters. The maximum atomic E-state index is 5.61. The van der Waals surface area contributed by atoms with Crippen LogP contribution in [-0.2, 0) is 0 Å². The Kier molecular flexibility index (Phi) is 0.906. The molecule has 0 radical (unpaired) electrons. The van der Waals surface area contributed by atoms with Gasteiger partial charge in [0.2, 0.25) is 0 Å². The molecule has 0 fully saturated rings. The fourth-order valence-electron chi connectivity index (χ4n) is 1.69. The first kappa shape index (κ1) is 6.47. The van der Waals surface area contributed by atoms with Gasteiger partial charge in [0.05, 0.1) is 22.1 Å². The molecular formula is C8H9N5. The lowest BCUT2D eigenvalue weighted by Crippen LogP contribution is -1.82. The topological polar surface area (TPSA) is 99.4 Å². The molecule has 0 spiro atoms. The summed E-state index contributed by atoms with van der Waals surface area (Å²) in [6.07, 6.45) is 0. The average molecular weight is 175 g/mol. The molecule has 7 N–H and O–H groups in total. The van der Waals surface area contributed by atoms with Crippen LogP contribution in [0.5, 0.6) is 0 Å². The highest BCUT2D eigenvalue weighted by Crippen LogP contribution is 2.26. The van der Waals surface area contributed by atoms with Gasteiger partial charge in [-0.2, -0.15) is 0 Å². The van der Waals surface area contributed by atoms with E-state index in [4.69, 9.17) is 11.5 Å². The standard InChI is InChI=1S/C8H9N5/c9-5-1-3-7(12-5)8-4(11-3)2-6(10)13-8/h1-2,11-13H,9-10H2. The number of nitrogens with two attached hydrogens (primary N) is 2. The molecule has 0 aromatic carbocycles. The first-order valence-electron chi connectivity index (χ1n) is 3.98. The third-order valence-corrected chi connectivity index (χ3v) is 2.20. The monoisotopic (exact) mass is 175 g/mol. The number of fused-ring (bicyclic) bond motifs is 3. The van der Waals surface area contributed by atoms with E-state index in [0.717, 1.165) is 22.1 Å². The summed E-state index contributed by atoms with van der Waals surface area (Å²) >= 11 is 0. The minimum absolute atomic E-state index is 0.649. The third-order valence-electron chi connectivity index (χ3n) is 2.20. The number of hydrogen-bond donors (Lipinski definition) is 5. The summed E-state index contributed by atoms with van der Waals surface area (Å²) < 4.78 is 0. The van der Waals surface area contributed by atoms with Crippen LogP contribution in [0, 0.1) is 0 Å². The largest absolute Gasteiger partial charge is 0.385 e. The van der Waals surface area contributed by atoms with Gasteiger partial charge in [0.1, 0.15) is 11.6 Å². The van der Waals surface area contributed by atoms with E-state index in [9.17, 15) is 0 Å². The molecule has 0 unspecified atom stereocenters. The Balaban J connectivity index is 2.56. The molecule has 5 heteroatoms. The number of aromatic amines is 3. The summed E-state index contributed by atoms with van der Waals surface area (Å²) in [4.78, 5) is 9.31. The van der Waals surface area contributed by atoms with Gasteiger partial charge in [-0.25, -0.2) is 0 Å². The molecule has 3 aromatic rings. The lowest BCUT2D eigenvalue weighted by atomic mass is 10.4. The first-order valence-corrected chi connectivity index (χ1v) is 3.98. The van der Waals surface area contributed by atoms with Crippen molar-refractivity contribution < 1.29 is 0 Å². The number of nitrogens with one attached hydrogen (secondary N) is 3. The van der Waals surface area contributed by atoms with Gasteiger partial charge in [0, 0.05) is 12.1 Å². The molecule has 0 aliphatic carbocycles. The normalized spacial score (nSPS) is 11.7. The Labute approximate surface area is 73.1 Å². The van der Waals surface area contributed by atoms with Gasteiger partial charge in [-0.05, 0) is 0 Å². The SMILES string of the molecule is Nc1cc2[nH]c3cc(N)[nH]c3c2[nH]1. The van der Waals surface area contributed by atoms with Crippen molar-refractivity contribution in [3.8, 4) is 0 Å². The van der Waals surface area contributed by atoms with Crippen LogP contribution in [0.1, 0.15) is 0 Å². The molecule has 0 bridgehead atoms. The van der Waals surface area contributed by atoms with Crippen LogP contribution in [0.25, 0.3) is 22.1 Å². The van der Waals surface area contributed by atoms with Crippen LogP contribution in [0.4, 0.5) is 11.6 Å². The number of anilines is 2. The number of H-pyrrole nitrogens is 3. The van der Waals surface area contributed by atoms with Gasteiger partial charge < -0.3 is 26.4 Å². The highest BCUT2D eigenvalue weighted by Gasteiger charge is 2.08. The van der Waals surface area contributed by atoms with Crippen molar-refractivity contribution in [1.29, 1.82) is 0 Å². The van der Waals surface area contributed by atoms with Gasteiger partial charge in [0.25, 0.3) is 0 Å². The molecule has 0 amide bonds. The van der Waals surface area contributed by atoms with Crippen LogP contribution in [-0.4, -0.2) is 15.0 Å². The van der Waals surface area contributed by atoms with Gasteiger partial charge >= 0.3 is 0 Å². The predicted octanol–water partition coefficient (Wildman–Crippen LogP) is 1.14. The highest BCUT2D eigenvalue weighted by molar-refractivity contribution is 6.05. The first-order chi connectivity index (χ1) is 6.24. The average Bonchev–Trinajstić information content (AvgIpc) is 2.60. The molecule has 3 aromatic heterocycles. The van der Waals surface area contributed by atoms with E-state index in [0.29, 0.717) is 11.6 Å². The summed E-state index contributed by atoms with van der Waals surface area (Å²) in [5.41, 5.74) is 15.2. The van der Waals surface area contributed by atoms with Crippen LogP contribution in [0.2, 0.25) is 0 Å². The van der Waals surface area contributed by atoms with Crippen molar-refractivity contribution in [2.45, 2.75) is 0 Å². The lowest BCUT2D eigenvalue weighted by molar-refractivity contribution is 1.44. The third kappa shape index (κ3) is 0.703. The molecule has 0 aliphatic rings. The molecular weight excluding hydrogens is 166 g/mol. The van der Waals surface area contributed by atoms with E-state index in [1.807, 2.05) is 12.1 Å². The van der Waals surface area contributed by atoms with E-state index in [2.05, 4.69) is 15.0 Å². The quantitative estimate of drug-likeness (QED) is 0.354. The number of nitrogen functional groups attached to an aromatic ring is 2. The molecule has 66 valence electrons. The van der Waals surface area contributed by atoms with Crippen LogP contribution >= 0.6 is 0 Å². The Morgan fingerprint density at radius 3 is 1.69 bits per heavy atom. The Bertz CT molecular complexity index is 531. The van der Waals surface area contributed by atoms with E-state index >= 15 is 0 Å².